The highest BCUT2D eigenvalue weighted by Gasteiger charge is 2.39. The van der Waals surface area contributed by atoms with Crippen LogP contribution in [-0.2, 0) is 4.79 Å². The molecule has 2 fully saturated rings. The van der Waals surface area contributed by atoms with Gasteiger partial charge >= 0.3 is 0 Å². The van der Waals surface area contributed by atoms with Crippen LogP contribution in [0.5, 0.6) is 0 Å². The average molecular weight is 201 g/mol. The van der Waals surface area contributed by atoms with Crippen LogP contribution in [0.4, 0.5) is 0 Å². The van der Waals surface area contributed by atoms with Gasteiger partial charge in [-0.1, -0.05) is 0 Å². The molecule has 0 aromatic heterocycles. The fourth-order valence-corrected chi connectivity index (χ4v) is 2.86. The fraction of sp³-hybridized carbons (Fsp3) is 0.889. The van der Waals surface area contributed by atoms with Crippen molar-refractivity contribution in [3.05, 3.63) is 0 Å². The molecule has 3 atom stereocenters. The van der Waals surface area contributed by atoms with Crippen molar-refractivity contribution in [2.24, 2.45) is 5.92 Å². The highest BCUT2D eigenvalue weighted by atomic mass is 32.2. The number of carbonyl (C=O) groups is 1. The number of thioether (sulfide) groups is 1. The van der Waals surface area contributed by atoms with Crippen LogP contribution in [0.2, 0.25) is 0 Å². The topological polar surface area (TPSA) is 49.3 Å². The first-order valence-electron chi connectivity index (χ1n) is 4.84. The second kappa shape index (κ2) is 3.88. The minimum Gasteiger partial charge on any atom is -0.396 e. The normalized spacial score (nSPS) is 37.5. The number of hydrogen-bond donors (Lipinski definition) is 2. The van der Waals surface area contributed by atoms with Gasteiger partial charge in [-0.3, -0.25) is 4.79 Å². The van der Waals surface area contributed by atoms with Crippen molar-refractivity contribution in [1.82, 2.24) is 5.32 Å². The van der Waals surface area contributed by atoms with Crippen molar-refractivity contribution >= 4 is 17.7 Å². The number of carbonyl (C=O) groups excluding carboxylic acids is 1. The SMILES string of the molecule is O=C(N[C@@H]1C[C@H]1CO)C1CCCS1. The Balaban J connectivity index is 1.72. The summed E-state index contributed by atoms with van der Waals surface area (Å²) >= 11 is 1.75. The molecule has 0 bridgehead atoms. The summed E-state index contributed by atoms with van der Waals surface area (Å²) in [6.45, 7) is 0.211. The van der Waals surface area contributed by atoms with Crippen molar-refractivity contribution in [1.29, 1.82) is 0 Å². The van der Waals surface area contributed by atoms with Crippen LogP contribution in [0.15, 0.2) is 0 Å². The number of nitrogens with one attached hydrogen (secondary N) is 1. The minimum atomic E-state index is 0.181. The molecule has 1 aliphatic carbocycles. The Hall–Kier alpha value is -0.220. The summed E-state index contributed by atoms with van der Waals surface area (Å²) in [5.74, 6) is 1.63. The standard InChI is InChI=1S/C9H15NO2S/c11-5-6-4-7(6)10-9(12)8-2-1-3-13-8/h6-8,11H,1-5H2,(H,10,12)/t6-,7+,8?/m0/s1. The van der Waals surface area contributed by atoms with Crippen molar-refractivity contribution in [2.45, 2.75) is 30.6 Å². The molecule has 3 nitrogen and oxygen atoms in total. The maximum atomic E-state index is 11.5. The van der Waals surface area contributed by atoms with Crippen molar-refractivity contribution in [2.75, 3.05) is 12.4 Å². The molecule has 1 amide bonds. The maximum Gasteiger partial charge on any atom is 0.233 e. The van der Waals surface area contributed by atoms with Crippen LogP contribution < -0.4 is 5.32 Å². The molecule has 1 aliphatic heterocycles. The van der Waals surface area contributed by atoms with E-state index in [0.29, 0.717) is 5.92 Å². The van der Waals surface area contributed by atoms with Crippen LogP contribution in [0.25, 0.3) is 0 Å². The van der Waals surface area contributed by atoms with E-state index in [1.807, 2.05) is 0 Å². The molecule has 0 spiro atoms. The molecule has 1 heterocycles. The molecular weight excluding hydrogens is 186 g/mol. The highest BCUT2D eigenvalue weighted by molar-refractivity contribution is 8.00. The molecule has 1 saturated heterocycles. The summed E-state index contributed by atoms with van der Waals surface area (Å²) in [6.07, 6.45) is 3.14. The lowest BCUT2D eigenvalue weighted by Gasteiger charge is -2.08. The van der Waals surface area contributed by atoms with E-state index >= 15 is 0 Å². The summed E-state index contributed by atoms with van der Waals surface area (Å²) in [5, 5.41) is 12.0. The summed E-state index contributed by atoms with van der Waals surface area (Å²) in [7, 11) is 0. The summed E-state index contributed by atoms with van der Waals surface area (Å²) < 4.78 is 0. The van der Waals surface area contributed by atoms with Crippen molar-refractivity contribution in [3.8, 4) is 0 Å². The van der Waals surface area contributed by atoms with E-state index < -0.39 is 0 Å². The summed E-state index contributed by atoms with van der Waals surface area (Å²) in [5.41, 5.74) is 0. The Kier molecular flexibility index (Phi) is 2.79. The van der Waals surface area contributed by atoms with Crippen molar-refractivity contribution < 1.29 is 9.90 Å². The smallest absolute Gasteiger partial charge is 0.233 e. The predicted octanol–water partition coefficient (Wildman–Crippen LogP) is 0.379. The summed E-state index contributed by atoms with van der Waals surface area (Å²) in [6, 6.07) is 0.263. The second-order valence-electron chi connectivity index (χ2n) is 3.80. The number of rotatable bonds is 3. The van der Waals surface area contributed by atoms with Gasteiger partial charge in [-0.05, 0) is 25.0 Å². The minimum absolute atomic E-state index is 0.181. The van der Waals surface area contributed by atoms with Gasteiger partial charge in [-0.15, -0.1) is 11.8 Å². The van der Waals surface area contributed by atoms with Gasteiger partial charge < -0.3 is 10.4 Å². The third-order valence-corrected chi connectivity index (χ3v) is 4.08. The lowest BCUT2D eigenvalue weighted by atomic mass is 10.2. The Bertz CT molecular complexity index is 204. The molecule has 74 valence electrons. The molecule has 0 aromatic rings. The van der Waals surface area contributed by atoms with E-state index in [1.165, 1.54) is 0 Å². The van der Waals surface area contributed by atoms with Crippen molar-refractivity contribution in [3.63, 3.8) is 0 Å². The van der Waals surface area contributed by atoms with Gasteiger partial charge in [0.25, 0.3) is 0 Å². The largest absolute Gasteiger partial charge is 0.396 e. The molecule has 1 saturated carbocycles. The zero-order chi connectivity index (χ0) is 9.26. The van der Waals surface area contributed by atoms with Gasteiger partial charge in [0.15, 0.2) is 0 Å². The van der Waals surface area contributed by atoms with Crippen LogP contribution in [-0.4, -0.2) is 34.7 Å². The number of aliphatic hydroxyl groups is 1. The highest BCUT2D eigenvalue weighted by Crippen LogP contribution is 2.31. The number of aliphatic hydroxyl groups excluding tert-OH is 1. The zero-order valence-corrected chi connectivity index (χ0v) is 8.35. The Morgan fingerprint density at radius 3 is 3.00 bits per heavy atom. The van der Waals surface area contributed by atoms with Crippen LogP contribution in [0.3, 0.4) is 0 Å². The Labute approximate surface area is 82.3 Å². The maximum absolute atomic E-state index is 11.5. The molecule has 0 aromatic carbocycles. The van der Waals surface area contributed by atoms with E-state index in [0.717, 1.165) is 25.0 Å². The Morgan fingerprint density at radius 1 is 1.62 bits per heavy atom. The molecule has 2 aliphatic rings. The number of hydrogen-bond acceptors (Lipinski definition) is 3. The van der Waals surface area contributed by atoms with E-state index in [1.54, 1.807) is 11.8 Å². The predicted molar refractivity (Wildman–Crippen MR) is 52.6 cm³/mol. The molecule has 2 N–H and O–H groups in total. The van der Waals surface area contributed by atoms with E-state index in [2.05, 4.69) is 5.32 Å². The van der Waals surface area contributed by atoms with E-state index in [-0.39, 0.29) is 23.8 Å². The van der Waals surface area contributed by atoms with Gasteiger partial charge in [0, 0.05) is 18.6 Å². The van der Waals surface area contributed by atoms with E-state index in [4.69, 9.17) is 5.11 Å². The van der Waals surface area contributed by atoms with Gasteiger partial charge in [0.05, 0.1) is 5.25 Å². The van der Waals surface area contributed by atoms with Gasteiger partial charge in [0.2, 0.25) is 5.91 Å². The first-order chi connectivity index (χ1) is 6.31. The molecule has 0 radical (unpaired) electrons. The molecule has 4 heteroatoms. The molecule has 2 rings (SSSR count). The quantitative estimate of drug-likeness (QED) is 0.694. The summed E-state index contributed by atoms with van der Waals surface area (Å²) in [4.78, 5) is 11.5. The molecular formula is C9H15NO2S. The zero-order valence-electron chi connectivity index (χ0n) is 7.53. The average Bonchev–Trinajstić information content (AvgIpc) is 2.68. The lowest BCUT2D eigenvalue weighted by Crippen LogP contribution is -2.34. The monoisotopic (exact) mass is 201 g/mol. The van der Waals surface area contributed by atoms with Crippen LogP contribution in [0, 0.1) is 5.92 Å². The first kappa shape index (κ1) is 9.34. The van der Waals surface area contributed by atoms with E-state index in [9.17, 15) is 4.79 Å². The van der Waals surface area contributed by atoms with Crippen LogP contribution >= 0.6 is 11.8 Å². The third-order valence-electron chi connectivity index (χ3n) is 2.71. The first-order valence-corrected chi connectivity index (χ1v) is 5.89. The van der Waals surface area contributed by atoms with Gasteiger partial charge in [-0.25, -0.2) is 0 Å². The molecule has 1 unspecified atom stereocenters. The van der Waals surface area contributed by atoms with Gasteiger partial charge in [-0.2, -0.15) is 0 Å². The lowest BCUT2D eigenvalue weighted by molar-refractivity contribution is -0.120. The number of amides is 1. The van der Waals surface area contributed by atoms with Gasteiger partial charge in [0.1, 0.15) is 0 Å². The molecule has 13 heavy (non-hydrogen) atoms. The second-order valence-corrected chi connectivity index (χ2v) is 5.11. The fourth-order valence-electron chi connectivity index (χ4n) is 1.69. The van der Waals surface area contributed by atoms with Crippen LogP contribution in [0.1, 0.15) is 19.3 Å². The third kappa shape index (κ3) is 2.17. The Morgan fingerprint density at radius 2 is 2.46 bits per heavy atom.